The summed E-state index contributed by atoms with van der Waals surface area (Å²) in [5.41, 5.74) is 2.12. The van der Waals surface area contributed by atoms with Gasteiger partial charge in [-0.25, -0.2) is 9.97 Å². The number of morpholine rings is 1. The van der Waals surface area contributed by atoms with E-state index in [4.69, 9.17) is 9.47 Å². The first-order chi connectivity index (χ1) is 12.7. The molecule has 4 rings (SSSR count). The van der Waals surface area contributed by atoms with Crippen LogP contribution in [0.1, 0.15) is 24.0 Å². The van der Waals surface area contributed by atoms with Crippen LogP contribution in [0.5, 0.6) is 5.88 Å². The maximum atomic E-state index is 9.25. The van der Waals surface area contributed by atoms with Crippen LogP contribution >= 0.6 is 0 Å². The van der Waals surface area contributed by atoms with Gasteiger partial charge in [-0.05, 0) is 19.1 Å². The number of rotatable bonds is 4. The molecule has 0 radical (unpaired) electrons. The van der Waals surface area contributed by atoms with Crippen LogP contribution in [0.25, 0.3) is 0 Å². The standard InChI is InChI=1S/C19H21N5O2/c1-12-18(24-17-5-3-2-4-13(17)8-20)21-11-22-19(12)26-16-6-14-9-25-10-15(7-16)23-14/h2-5,11,14-16,23H,6-7,9-10H2,1H3,(H,21,22,24). The number of hydrogen-bond donors (Lipinski definition) is 2. The van der Waals surface area contributed by atoms with E-state index in [1.165, 1.54) is 6.33 Å². The van der Waals surface area contributed by atoms with Crippen molar-refractivity contribution in [2.45, 2.75) is 38.0 Å². The summed E-state index contributed by atoms with van der Waals surface area (Å²) in [5.74, 6) is 1.23. The molecule has 3 heterocycles. The Morgan fingerprint density at radius 1 is 1.23 bits per heavy atom. The van der Waals surface area contributed by atoms with Gasteiger partial charge in [0.2, 0.25) is 5.88 Å². The highest BCUT2D eigenvalue weighted by Crippen LogP contribution is 2.28. The molecule has 0 aliphatic carbocycles. The number of hydrogen-bond acceptors (Lipinski definition) is 7. The van der Waals surface area contributed by atoms with Crippen molar-refractivity contribution in [2.24, 2.45) is 0 Å². The number of nitriles is 1. The second-order valence-corrected chi connectivity index (χ2v) is 6.74. The number of piperidine rings is 1. The Labute approximate surface area is 152 Å². The third-order valence-corrected chi connectivity index (χ3v) is 4.82. The lowest BCUT2D eigenvalue weighted by Crippen LogP contribution is -2.56. The lowest BCUT2D eigenvalue weighted by Gasteiger charge is -2.39. The zero-order chi connectivity index (χ0) is 17.9. The van der Waals surface area contributed by atoms with Crippen LogP contribution in [0.4, 0.5) is 11.5 Å². The fraction of sp³-hybridized carbons (Fsp3) is 0.421. The van der Waals surface area contributed by atoms with Crippen LogP contribution in [0.2, 0.25) is 0 Å². The topological polar surface area (TPSA) is 92.1 Å². The zero-order valence-corrected chi connectivity index (χ0v) is 14.6. The molecule has 2 atom stereocenters. The van der Waals surface area contributed by atoms with Gasteiger partial charge in [-0.1, -0.05) is 12.1 Å². The molecule has 2 saturated heterocycles. The van der Waals surface area contributed by atoms with Gasteiger partial charge in [0.25, 0.3) is 0 Å². The summed E-state index contributed by atoms with van der Waals surface area (Å²) in [4.78, 5) is 8.64. The molecular weight excluding hydrogens is 330 g/mol. The Hall–Kier alpha value is -2.69. The first kappa shape index (κ1) is 16.8. The molecule has 0 saturated carbocycles. The highest BCUT2D eigenvalue weighted by atomic mass is 16.5. The van der Waals surface area contributed by atoms with Crippen molar-refractivity contribution in [1.29, 1.82) is 5.26 Å². The van der Waals surface area contributed by atoms with E-state index in [-0.39, 0.29) is 6.10 Å². The zero-order valence-electron chi connectivity index (χ0n) is 14.6. The minimum Gasteiger partial charge on any atom is -0.474 e. The minimum absolute atomic E-state index is 0.114. The lowest BCUT2D eigenvalue weighted by atomic mass is 9.95. The maximum Gasteiger partial charge on any atom is 0.221 e. The van der Waals surface area contributed by atoms with Crippen LogP contribution in [0.3, 0.4) is 0 Å². The summed E-state index contributed by atoms with van der Waals surface area (Å²) < 4.78 is 11.8. The monoisotopic (exact) mass is 351 g/mol. The molecule has 1 aromatic carbocycles. The molecule has 2 aliphatic rings. The van der Waals surface area contributed by atoms with Crippen LogP contribution in [-0.2, 0) is 4.74 Å². The number of nitrogens with zero attached hydrogens (tertiary/aromatic N) is 3. The number of para-hydroxylation sites is 1. The van der Waals surface area contributed by atoms with E-state index in [0.29, 0.717) is 29.3 Å². The molecule has 134 valence electrons. The van der Waals surface area contributed by atoms with E-state index in [1.54, 1.807) is 6.07 Å². The molecule has 0 spiro atoms. The summed E-state index contributed by atoms with van der Waals surface area (Å²) in [6.45, 7) is 3.39. The fourth-order valence-corrected chi connectivity index (χ4v) is 3.54. The van der Waals surface area contributed by atoms with E-state index in [0.717, 1.165) is 37.3 Å². The van der Waals surface area contributed by atoms with E-state index >= 15 is 0 Å². The number of anilines is 2. The van der Waals surface area contributed by atoms with Gasteiger partial charge >= 0.3 is 0 Å². The molecule has 2 N–H and O–H groups in total. The van der Waals surface area contributed by atoms with Gasteiger partial charge in [0, 0.05) is 24.9 Å². The normalized spacial score (nSPS) is 24.5. The predicted octanol–water partition coefficient (Wildman–Crippen LogP) is 2.30. The third kappa shape index (κ3) is 3.47. The van der Waals surface area contributed by atoms with Gasteiger partial charge in [0.1, 0.15) is 24.3 Å². The smallest absolute Gasteiger partial charge is 0.221 e. The fourth-order valence-electron chi connectivity index (χ4n) is 3.54. The molecule has 1 aromatic heterocycles. The average Bonchev–Trinajstić information content (AvgIpc) is 2.65. The largest absolute Gasteiger partial charge is 0.474 e. The van der Waals surface area contributed by atoms with Crippen LogP contribution in [0.15, 0.2) is 30.6 Å². The third-order valence-electron chi connectivity index (χ3n) is 4.82. The molecule has 7 nitrogen and oxygen atoms in total. The quantitative estimate of drug-likeness (QED) is 0.873. The Morgan fingerprint density at radius 2 is 2.00 bits per heavy atom. The van der Waals surface area contributed by atoms with E-state index in [1.807, 2.05) is 25.1 Å². The van der Waals surface area contributed by atoms with E-state index in [9.17, 15) is 5.26 Å². The number of nitrogens with one attached hydrogen (secondary N) is 2. The van der Waals surface area contributed by atoms with Crippen molar-refractivity contribution in [3.8, 4) is 11.9 Å². The Bertz CT molecular complexity index is 823. The maximum absolute atomic E-state index is 9.25. The van der Waals surface area contributed by atoms with Gasteiger partial charge in [-0.2, -0.15) is 5.26 Å². The van der Waals surface area contributed by atoms with Crippen molar-refractivity contribution in [3.05, 3.63) is 41.7 Å². The Kier molecular flexibility index (Phi) is 4.69. The van der Waals surface area contributed by atoms with Gasteiger partial charge < -0.3 is 20.1 Å². The molecule has 2 aliphatic heterocycles. The van der Waals surface area contributed by atoms with Crippen molar-refractivity contribution in [2.75, 3.05) is 18.5 Å². The predicted molar refractivity (Wildman–Crippen MR) is 96.4 cm³/mol. The molecule has 26 heavy (non-hydrogen) atoms. The summed E-state index contributed by atoms with van der Waals surface area (Å²) in [7, 11) is 0. The van der Waals surface area contributed by atoms with Crippen molar-refractivity contribution in [1.82, 2.24) is 15.3 Å². The SMILES string of the molecule is Cc1c(Nc2ccccc2C#N)ncnc1OC1CC2COCC(C1)N2. The molecule has 7 heteroatoms. The molecule has 2 unspecified atom stereocenters. The molecule has 2 fully saturated rings. The second-order valence-electron chi connectivity index (χ2n) is 6.74. The molecule has 2 aromatic rings. The number of benzene rings is 1. The Morgan fingerprint density at radius 3 is 2.77 bits per heavy atom. The summed E-state index contributed by atoms with van der Waals surface area (Å²) >= 11 is 0. The number of aromatic nitrogens is 2. The van der Waals surface area contributed by atoms with Crippen molar-refractivity contribution < 1.29 is 9.47 Å². The Balaban J connectivity index is 1.52. The van der Waals surface area contributed by atoms with Crippen LogP contribution in [-0.4, -0.2) is 41.4 Å². The highest BCUT2D eigenvalue weighted by Gasteiger charge is 2.33. The number of ether oxygens (including phenoxy) is 2. The summed E-state index contributed by atoms with van der Waals surface area (Å²) in [6.07, 6.45) is 3.41. The van der Waals surface area contributed by atoms with Gasteiger partial charge in [0.15, 0.2) is 0 Å². The van der Waals surface area contributed by atoms with Gasteiger partial charge in [-0.3, -0.25) is 0 Å². The van der Waals surface area contributed by atoms with E-state index < -0.39 is 0 Å². The lowest BCUT2D eigenvalue weighted by molar-refractivity contribution is -0.0134. The first-order valence-electron chi connectivity index (χ1n) is 8.81. The minimum atomic E-state index is 0.114. The second kappa shape index (κ2) is 7.28. The van der Waals surface area contributed by atoms with Crippen molar-refractivity contribution in [3.63, 3.8) is 0 Å². The highest BCUT2D eigenvalue weighted by molar-refractivity contribution is 5.66. The van der Waals surface area contributed by atoms with Crippen molar-refractivity contribution >= 4 is 11.5 Å². The average molecular weight is 351 g/mol. The summed E-state index contributed by atoms with van der Waals surface area (Å²) in [6, 6.07) is 10.2. The van der Waals surface area contributed by atoms with Crippen LogP contribution < -0.4 is 15.4 Å². The van der Waals surface area contributed by atoms with Crippen LogP contribution in [0, 0.1) is 18.3 Å². The number of fused-ring (bicyclic) bond motifs is 2. The van der Waals surface area contributed by atoms with E-state index in [2.05, 4.69) is 26.7 Å². The summed E-state index contributed by atoms with van der Waals surface area (Å²) in [5, 5.41) is 16.0. The molecular formula is C19H21N5O2. The molecule has 0 amide bonds. The first-order valence-corrected chi connectivity index (χ1v) is 8.81. The van der Waals surface area contributed by atoms with Gasteiger partial charge in [0.05, 0.1) is 30.0 Å². The molecule has 2 bridgehead atoms. The van der Waals surface area contributed by atoms with Gasteiger partial charge in [-0.15, -0.1) is 0 Å².